The van der Waals surface area contributed by atoms with Crippen molar-refractivity contribution in [1.29, 1.82) is 0 Å². The zero-order valence-electron chi connectivity index (χ0n) is 15.1. The van der Waals surface area contributed by atoms with Gasteiger partial charge in [-0.2, -0.15) is 4.72 Å². The lowest BCUT2D eigenvalue weighted by Crippen LogP contribution is -2.57. The van der Waals surface area contributed by atoms with Crippen molar-refractivity contribution in [2.24, 2.45) is 0 Å². The third-order valence-corrected chi connectivity index (χ3v) is 7.82. The molecule has 2 aromatic carbocycles. The SMILES string of the molecule is Cc1ccc(S(=O)(=O)NC2(Nc3ccc(Cl)cc3)C(Cl)=C(Cl)C(=O)C(Cl)=C2Cl)cc1. The van der Waals surface area contributed by atoms with E-state index < -0.39 is 31.5 Å². The fraction of sp³-hybridized carbons (Fsp3) is 0.105. The molecule has 1 aliphatic rings. The summed E-state index contributed by atoms with van der Waals surface area (Å²) in [6.07, 6.45) is 0. The number of nitrogens with one attached hydrogen (secondary N) is 2. The Balaban J connectivity index is 2.18. The van der Waals surface area contributed by atoms with Crippen molar-refractivity contribution in [2.75, 3.05) is 5.32 Å². The molecule has 0 radical (unpaired) electrons. The summed E-state index contributed by atoms with van der Waals surface area (Å²) in [5.74, 6) is -0.823. The van der Waals surface area contributed by atoms with Crippen molar-refractivity contribution in [1.82, 2.24) is 4.72 Å². The molecule has 158 valence electrons. The monoisotopic (exact) mass is 524 g/mol. The van der Waals surface area contributed by atoms with Crippen LogP contribution in [-0.2, 0) is 14.8 Å². The molecule has 0 saturated carbocycles. The predicted octanol–water partition coefficient (Wildman–Crippen LogP) is 5.70. The lowest BCUT2D eigenvalue weighted by Gasteiger charge is -2.38. The summed E-state index contributed by atoms with van der Waals surface area (Å²) in [6.45, 7) is 1.82. The number of Topliss-reactive ketones (excluding diaryl/α,β-unsaturated/α-hetero) is 1. The van der Waals surface area contributed by atoms with Gasteiger partial charge in [0.05, 0.1) is 15.0 Å². The highest BCUT2D eigenvalue weighted by Gasteiger charge is 2.49. The molecular weight excluding hydrogens is 514 g/mol. The Morgan fingerprint density at radius 3 is 1.80 bits per heavy atom. The number of sulfonamides is 1. The van der Waals surface area contributed by atoms with E-state index in [-0.39, 0.29) is 15.0 Å². The molecule has 2 N–H and O–H groups in total. The zero-order chi connectivity index (χ0) is 22.3. The van der Waals surface area contributed by atoms with Crippen LogP contribution < -0.4 is 10.0 Å². The summed E-state index contributed by atoms with van der Waals surface area (Å²) in [4.78, 5) is 12.2. The number of aryl methyl sites for hydroxylation is 1. The third kappa shape index (κ3) is 4.36. The lowest BCUT2D eigenvalue weighted by molar-refractivity contribution is -0.111. The standard InChI is InChI=1S/C19H13Cl5N2O3S/c1-10-2-8-13(9-3-10)30(28,29)26-19(25-12-6-4-11(20)5-7-12)17(23)14(21)16(27)15(22)18(19)24/h2-9,25-26H,1H3. The highest BCUT2D eigenvalue weighted by molar-refractivity contribution is 7.89. The molecule has 1 aliphatic carbocycles. The first kappa shape index (κ1) is 23.4. The molecule has 0 fully saturated rings. The van der Waals surface area contributed by atoms with E-state index in [9.17, 15) is 13.2 Å². The van der Waals surface area contributed by atoms with Gasteiger partial charge in [0.15, 0.2) is 5.66 Å². The number of ketones is 1. The van der Waals surface area contributed by atoms with E-state index in [2.05, 4.69) is 10.0 Å². The highest BCUT2D eigenvalue weighted by Crippen LogP contribution is 2.44. The highest BCUT2D eigenvalue weighted by atomic mass is 35.5. The smallest absolute Gasteiger partial charge is 0.243 e. The van der Waals surface area contributed by atoms with Crippen LogP contribution in [0.4, 0.5) is 5.69 Å². The molecule has 0 bridgehead atoms. The van der Waals surface area contributed by atoms with Gasteiger partial charge in [0, 0.05) is 10.7 Å². The van der Waals surface area contributed by atoms with Crippen molar-refractivity contribution in [2.45, 2.75) is 17.5 Å². The minimum atomic E-state index is -4.20. The Kier molecular flexibility index (Phi) is 6.80. The van der Waals surface area contributed by atoms with Gasteiger partial charge < -0.3 is 5.32 Å². The zero-order valence-corrected chi connectivity index (χ0v) is 19.7. The average Bonchev–Trinajstić information content (AvgIpc) is 2.71. The van der Waals surface area contributed by atoms with E-state index in [4.69, 9.17) is 58.0 Å². The van der Waals surface area contributed by atoms with Crippen LogP contribution >= 0.6 is 58.0 Å². The molecule has 0 aromatic heterocycles. The molecular formula is C19H13Cl5N2O3S. The van der Waals surface area contributed by atoms with Gasteiger partial charge in [0.1, 0.15) is 10.1 Å². The predicted molar refractivity (Wildman–Crippen MR) is 122 cm³/mol. The number of rotatable bonds is 5. The summed E-state index contributed by atoms with van der Waals surface area (Å²) >= 11 is 30.8. The number of allylic oxidation sites excluding steroid dienone is 2. The Morgan fingerprint density at radius 1 is 0.800 bits per heavy atom. The van der Waals surface area contributed by atoms with Crippen LogP contribution in [0.15, 0.2) is 73.6 Å². The number of hydrogen-bond acceptors (Lipinski definition) is 4. The number of hydrogen-bond donors (Lipinski definition) is 2. The van der Waals surface area contributed by atoms with E-state index in [1.807, 2.05) is 6.92 Å². The molecule has 0 amide bonds. The third-order valence-electron chi connectivity index (χ3n) is 4.24. The van der Waals surface area contributed by atoms with Crippen LogP contribution in [0, 0.1) is 6.92 Å². The average molecular weight is 527 g/mol. The van der Waals surface area contributed by atoms with Gasteiger partial charge in [-0.25, -0.2) is 8.42 Å². The van der Waals surface area contributed by atoms with Crippen molar-refractivity contribution in [3.05, 3.63) is 79.2 Å². The number of anilines is 1. The van der Waals surface area contributed by atoms with Gasteiger partial charge in [0.2, 0.25) is 15.8 Å². The molecule has 0 aliphatic heterocycles. The summed E-state index contributed by atoms with van der Waals surface area (Å²) in [6, 6.07) is 12.4. The van der Waals surface area contributed by atoms with E-state index >= 15 is 0 Å². The minimum absolute atomic E-state index is 0.0524. The van der Waals surface area contributed by atoms with E-state index in [1.54, 1.807) is 36.4 Å². The minimum Gasteiger partial charge on any atom is -0.357 e. The molecule has 0 atom stereocenters. The van der Waals surface area contributed by atoms with E-state index in [0.29, 0.717) is 10.7 Å². The van der Waals surface area contributed by atoms with E-state index in [0.717, 1.165) is 5.56 Å². The first-order chi connectivity index (χ1) is 14.0. The fourth-order valence-electron chi connectivity index (χ4n) is 2.67. The quantitative estimate of drug-likeness (QED) is 0.491. The first-order valence-corrected chi connectivity index (χ1v) is 11.7. The molecule has 0 spiro atoms. The number of halogens is 5. The number of carbonyl (C=O) groups excluding carboxylic acids is 1. The van der Waals surface area contributed by atoms with Crippen LogP contribution in [-0.4, -0.2) is 19.9 Å². The van der Waals surface area contributed by atoms with E-state index in [1.165, 1.54) is 12.1 Å². The fourth-order valence-corrected chi connectivity index (χ4v) is 5.30. The van der Waals surface area contributed by atoms with Crippen LogP contribution in [0.3, 0.4) is 0 Å². The molecule has 3 rings (SSSR count). The van der Waals surface area contributed by atoms with Crippen LogP contribution in [0.5, 0.6) is 0 Å². The Hall–Kier alpha value is -1.25. The molecule has 2 aromatic rings. The molecule has 0 heterocycles. The second-order valence-corrected chi connectivity index (χ2v) is 10.0. The van der Waals surface area contributed by atoms with Gasteiger partial charge >= 0.3 is 0 Å². The summed E-state index contributed by atoms with van der Waals surface area (Å²) in [7, 11) is -4.20. The maximum Gasteiger partial charge on any atom is 0.243 e. The van der Waals surface area contributed by atoms with Gasteiger partial charge in [-0.15, -0.1) is 0 Å². The van der Waals surface area contributed by atoms with Gasteiger partial charge in [-0.3, -0.25) is 4.79 Å². The van der Waals surface area contributed by atoms with Gasteiger partial charge in [-0.05, 0) is 43.3 Å². The van der Waals surface area contributed by atoms with Crippen LogP contribution in [0.1, 0.15) is 5.56 Å². The first-order valence-electron chi connectivity index (χ1n) is 8.28. The largest absolute Gasteiger partial charge is 0.357 e. The summed E-state index contributed by atoms with van der Waals surface area (Å²) in [5, 5.41) is 1.64. The Morgan fingerprint density at radius 2 is 1.30 bits per heavy atom. The summed E-state index contributed by atoms with van der Waals surface area (Å²) in [5.41, 5.74) is -0.776. The van der Waals surface area contributed by atoms with Crippen molar-refractivity contribution >= 4 is 79.5 Å². The van der Waals surface area contributed by atoms with Crippen molar-refractivity contribution in [3.63, 3.8) is 0 Å². The molecule has 11 heteroatoms. The van der Waals surface area contributed by atoms with Gasteiger partial charge in [0.25, 0.3) is 0 Å². The normalized spacial score (nSPS) is 16.8. The maximum absolute atomic E-state index is 13.1. The topological polar surface area (TPSA) is 75.3 Å². The Bertz CT molecular complexity index is 1150. The maximum atomic E-state index is 13.1. The second-order valence-electron chi connectivity index (χ2n) is 6.39. The number of benzene rings is 2. The molecule has 0 saturated heterocycles. The van der Waals surface area contributed by atoms with Crippen molar-refractivity contribution < 1.29 is 13.2 Å². The lowest BCUT2D eigenvalue weighted by atomic mass is 10.0. The van der Waals surface area contributed by atoms with Crippen LogP contribution in [0.2, 0.25) is 5.02 Å². The summed E-state index contributed by atoms with van der Waals surface area (Å²) < 4.78 is 28.7. The Labute approximate surface area is 198 Å². The van der Waals surface area contributed by atoms with Crippen LogP contribution in [0.25, 0.3) is 0 Å². The van der Waals surface area contributed by atoms with Gasteiger partial charge in [-0.1, -0.05) is 75.7 Å². The molecule has 30 heavy (non-hydrogen) atoms. The molecule has 0 unspecified atom stereocenters. The second kappa shape index (κ2) is 8.71. The molecule has 5 nitrogen and oxygen atoms in total. The van der Waals surface area contributed by atoms with Crippen molar-refractivity contribution in [3.8, 4) is 0 Å². The number of carbonyl (C=O) groups is 1.